The fraction of sp³-hybridized carbons (Fsp3) is 0.500. The van der Waals surface area contributed by atoms with E-state index in [0.717, 1.165) is 0 Å². The molecular formula is C14H22N2O4. The molecule has 0 saturated carbocycles. The molecule has 20 heavy (non-hydrogen) atoms. The van der Waals surface area contributed by atoms with Gasteiger partial charge in [0, 0.05) is 18.5 Å². The van der Waals surface area contributed by atoms with Gasteiger partial charge < -0.3 is 25.3 Å². The zero-order valence-corrected chi connectivity index (χ0v) is 11.9. The summed E-state index contributed by atoms with van der Waals surface area (Å²) in [5.41, 5.74) is 6.89. The summed E-state index contributed by atoms with van der Waals surface area (Å²) in [5.74, 6) is -0.215. The first-order chi connectivity index (χ1) is 9.63. The first-order valence-electron chi connectivity index (χ1n) is 6.48. The van der Waals surface area contributed by atoms with Crippen molar-refractivity contribution >= 4 is 17.3 Å². The molecule has 3 N–H and O–H groups in total. The van der Waals surface area contributed by atoms with Gasteiger partial charge >= 0.3 is 0 Å². The molecule has 0 saturated heterocycles. The number of amides is 1. The van der Waals surface area contributed by atoms with Crippen molar-refractivity contribution in [3.63, 3.8) is 0 Å². The first kappa shape index (κ1) is 16.4. The van der Waals surface area contributed by atoms with E-state index >= 15 is 0 Å². The van der Waals surface area contributed by atoms with E-state index in [2.05, 4.69) is 5.32 Å². The monoisotopic (exact) mass is 282 g/mol. The molecule has 1 aromatic carbocycles. The second kappa shape index (κ2) is 9.30. The van der Waals surface area contributed by atoms with E-state index in [1.54, 1.807) is 38.3 Å². The van der Waals surface area contributed by atoms with Gasteiger partial charge in [0.05, 0.1) is 26.4 Å². The van der Waals surface area contributed by atoms with Crippen LogP contribution in [0.25, 0.3) is 0 Å². The van der Waals surface area contributed by atoms with Gasteiger partial charge in [-0.25, -0.2) is 0 Å². The van der Waals surface area contributed by atoms with Crippen LogP contribution in [0.15, 0.2) is 24.3 Å². The van der Waals surface area contributed by atoms with Gasteiger partial charge in [0.1, 0.15) is 6.10 Å². The number of nitrogen functional groups attached to an aromatic ring is 1. The number of nitrogens with two attached hydrogens (primary N) is 1. The molecule has 0 spiro atoms. The number of carbonyl (C=O) groups is 1. The van der Waals surface area contributed by atoms with Crippen LogP contribution in [-0.2, 0) is 19.0 Å². The zero-order chi connectivity index (χ0) is 14.8. The fourth-order valence-corrected chi connectivity index (χ4v) is 1.46. The molecule has 0 aromatic heterocycles. The van der Waals surface area contributed by atoms with E-state index in [4.69, 9.17) is 19.9 Å². The highest BCUT2D eigenvalue weighted by atomic mass is 16.5. The van der Waals surface area contributed by atoms with E-state index in [0.29, 0.717) is 37.8 Å². The Bertz CT molecular complexity index is 412. The minimum Gasteiger partial charge on any atom is -0.399 e. The van der Waals surface area contributed by atoms with Crippen LogP contribution in [0.3, 0.4) is 0 Å². The van der Waals surface area contributed by atoms with Crippen molar-refractivity contribution in [3.05, 3.63) is 24.3 Å². The Balaban J connectivity index is 2.22. The maximum Gasteiger partial charge on any atom is 0.253 e. The summed E-state index contributed by atoms with van der Waals surface area (Å²) in [6.45, 7) is 3.54. The van der Waals surface area contributed by atoms with Crippen molar-refractivity contribution < 1.29 is 19.0 Å². The van der Waals surface area contributed by atoms with Crippen molar-refractivity contribution in [2.75, 3.05) is 44.6 Å². The van der Waals surface area contributed by atoms with E-state index < -0.39 is 6.10 Å². The lowest BCUT2D eigenvalue weighted by Crippen LogP contribution is -2.29. The maximum atomic E-state index is 11.9. The van der Waals surface area contributed by atoms with Crippen LogP contribution in [-0.4, -0.2) is 45.5 Å². The Morgan fingerprint density at radius 3 is 2.75 bits per heavy atom. The number of hydrogen-bond donors (Lipinski definition) is 2. The van der Waals surface area contributed by atoms with Crippen molar-refractivity contribution in [1.82, 2.24) is 0 Å². The van der Waals surface area contributed by atoms with Crippen LogP contribution in [0.4, 0.5) is 11.4 Å². The number of carbonyl (C=O) groups excluding carboxylic acids is 1. The molecule has 0 bridgehead atoms. The lowest BCUT2D eigenvalue weighted by molar-refractivity contribution is -0.127. The number of nitrogens with one attached hydrogen (secondary N) is 1. The lowest BCUT2D eigenvalue weighted by Gasteiger charge is -2.13. The van der Waals surface area contributed by atoms with Gasteiger partial charge in [-0.2, -0.15) is 0 Å². The van der Waals surface area contributed by atoms with Crippen molar-refractivity contribution in [2.24, 2.45) is 0 Å². The molecule has 1 amide bonds. The number of rotatable bonds is 9. The largest absolute Gasteiger partial charge is 0.399 e. The summed E-state index contributed by atoms with van der Waals surface area (Å²) in [6, 6.07) is 7.00. The molecule has 0 aliphatic heterocycles. The maximum absolute atomic E-state index is 11.9. The third-order valence-corrected chi connectivity index (χ3v) is 2.55. The van der Waals surface area contributed by atoms with Gasteiger partial charge in [0.2, 0.25) is 0 Å². The van der Waals surface area contributed by atoms with Crippen LogP contribution >= 0.6 is 0 Å². The third-order valence-electron chi connectivity index (χ3n) is 2.55. The Morgan fingerprint density at radius 2 is 2.05 bits per heavy atom. The highest BCUT2D eigenvalue weighted by Crippen LogP contribution is 2.12. The number of ether oxygens (including phenoxy) is 3. The van der Waals surface area contributed by atoms with Crippen LogP contribution in [0, 0.1) is 0 Å². The molecule has 0 heterocycles. The normalized spacial score (nSPS) is 12.1. The number of hydrogen-bond acceptors (Lipinski definition) is 5. The van der Waals surface area contributed by atoms with E-state index in [9.17, 15) is 4.79 Å². The van der Waals surface area contributed by atoms with Crippen LogP contribution in [0.2, 0.25) is 0 Å². The minimum absolute atomic E-state index is 0.215. The molecule has 112 valence electrons. The van der Waals surface area contributed by atoms with Crippen molar-refractivity contribution in [3.8, 4) is 0 Å². The highest BCUT2D eigenvalue weighted by molar-refractivity contribution is 5.94. The SMILES string of the molecule is COCCOCCOC(C)C(=O)Nc1cccc(N)c1. The molecule has 6 heteroatoms. The van der Waals surface area contributed by atoms with Crippen LogP contribution < -0.4 is 11.1 Å². The predicted octanol–water partition coefficient (Wildman–Crippen LogP) is 1.28. The number of methoxy groups -OCH3 is 1. The lowest BCUT2D eigenvalue weighted by atomic mass is 10.2. The first-order valence-corrected chi connectivity index (χ1v) is 6.48. The number of benzene rings is 1. The summed E-state index contributed by atoms with van der Waals surface area (Å²) in [5, 5.41) is 2.74. The van der Waals surface area contributed by atoms with Gasteiger partial charge in [-0.15, -0.1) is 0 Å². The van der Waals surface area contributed by atoms with Gasteiger partial charge in [0.25, 0.3) is 5.91 Å². The summed E-state index contributed by atoms with van der Waals surface area (Å²) in [4.78, 5) is 11.9. The predicted molar refractivity (Wildman–Crippen MR) is 77.6 cm³/mol. The topological polar surface area (TPSA) is 82.8 Å². The Kier molecular flexibility index (Phi) is 7.64. The molecule has 0 aliphatic carbocycles. The van der Waals surface area contributed by atoms with Crippen LogP contribution in [0.1, 0.15) is 6.92 Å². The Labute approximate surface area is 119 Å². The Morgan fingerprint density at radius 1 is 1.30 bits per heavy atom. The summed E-state index contributed by atoms with van der Waals surface area (Å²) in [7, 11) is 1.61. The molecule has 0 aliphatic rings. The molecule has 1 rings (SSSR count). The molecule has 0 fully saturated rings. The summed E-state index contributed by atoms with van der Waals surface area (Å²) >= 11 is 0. The molecule has 1 unspecified atom stereocenters. The molecule has 1 aromatic rings. The van der Waals surface area contributed by atoms with Gasteiger partial charge in [-0.05, 0) is 25.1 Å². The molecule has 1 atom stereocenters. The highest BCUT2D eigenvalue weighted by Gasteiger charge is 2.13. The van der Waals surface area contributed by atoms with Crippen LogP contribution in [0.5, 0.6) is 0 Å². The van der Waals surface area contributed by atoms with Crippen molar-refractivity contribution in [1.29, 1.82) is 0 Å². The summed E-state index contributed by atoms with van der Waals surface area (Å²) < 4.78 is 15.5. The second-order valence-electron chi connectivity index (χ2n) is 4.23. The van der Waals surface area contributed by atoms with Gasteiger partial charge in [-0.1, -0.05) is 6.07 Å². The summed E-state index contributed by atoms with van der Waals surface area (Å²) in [6.07, 6.45) is -0.553. The van der Waals surface area contributed by atoms with Gasteiger partial charge in [-0.3, -0.25) is 4.79 Å². The van der Waals surface area contributed by atoms with E-state index in [-0.39, 0.29) is 5.91 Å². The molecule has 6 nitrogen and oxygen atoms in total. The van der Waals surface area contributed by atoms with E-state index in [1.165, 1.54) is 0 Å². The smallest absolute Gasteiger partial charge is 0.253 e. The number of anilines is 2. The standard InChI is InChI=1S/C14H22N2O4/c1-11(20-9-8-19-7-6-18-2)14(17)16-13-5-3-4-12(15)10-13/h3-5,10-11H,6-9,15H2,1-2H3,(H,16,17). The fourth-order valence-electron chi connectivity index (χ4n) is 1.46. The average molecular weight is 282 g/mol. The molecule has 0 radical (unpaired) electrons. The Hall–Kier alpha value is -1.63. The third kappa shape index (κ3) is 6.51. The average Bonchev–Trinajstić information content (AvgIpc) is 2.42. The minimum atomic E-state index is -0.553. The zero-order valence-electron chi connectivity index (χ0n) is 11.9. The van der Waals surface area contributed by atoms with E-state index in [1.807, 2.05) is 0 Å². The quantitative estimate of drug-likeness (QED) is 0.526. The second-order valence-corrected chi connectivity index (χ2v) is 4.23. The van der Waals surface area contributed by atoms with Gasteiger partial charge in [0.15, 0.2) is 0 Å². The van der Waals surface area contributed by atoms with Crippen molar-refractivity contribution in [2.45, 2.75) is 13.0 Å². The molecular weight excluding hydrogens is 260 g/mol.